The summed E-state index contributed by atoms with van der Waals surface area (Å²) in [5, 5.41) is 0. The van der Waals surface area contributed by atoms with Crippen molar-refractivity contribution in [1.82, 2.24) is 9.80 Å². The molecule has 0 unspecified atom stereocenters. The number of carbonyl (C=O) groups is 1. The SMILES string of the molecule is CC(C)(C)OC(=O)N1CCN(Cc2ccc(C#C[Si](C)(C)C)cc2)CC1. The van der Waals surface area contributed by atoms with Crippen LogP contribution in [0.5, 0.6) is 0 Å². The Bertz CT molecular complexity index is 667. The summed E-state index contributed by atoms with van der Waals surface area (Å²) in [5.74, 6) is 3.29. The predicted molar refractivity (Wildman–Crippen MR) is 110 cm³/mol. The quantitative estimate of drug-likeness (QED) is 0.582. The summed E-state index contributed by atoms with van der Waals surface area (Å²) in [6.45, 7) is 16.6. The van der Waals surface area contributed by atoms with Gasteiger partial charge in [0.25, 0.3) is 0 Å². The van der Waals surface area contributed by atoms with Gasteiger partial charge >= 0.3 is 6.09 Å². The van der Waals surface area contributed by atoms with Crippen LogP contribution in [0.2, 0.25) is 19.6 Å². The molecule has 1 aromatic rings. The van der Waals surface area contributed by atoms with Gasteiger partial charge in [0, 0.05) is 38.3 Å². The fraction of sp³-hybridized carbons (Fsp3) is 0.571. The Labute approximate surface area is 159 Å². The predicted octanol–water partition coefficient (Wildman–Crippen LogP) is 3.97. The highest BCUT2D eigenvalue weighted by molar-refractivity contribution is 6.83. The number of piperazine rings is 1. The van der Waals surface area contributed by atoms with Crippen LogP contribution in [-0.2, 0) is 11.3 Å². The van der Waals surface area contributed by atoms with Gasteiger partial charge in [0.15, 0.2) is 0 Å². The van der Waals surface area contributed by atoms with Gasteiger partial charge < -0.3 is 9.64 Å². The molecule has 1 aliphatic heterocycles. The number of ether oxygens (including phenoxy) is 1. The molecule has 0 N–H and O–H groups in total. The van der Waals surface area contributed by atoms with Crippen molar-refractivity contribution in [2.24, 2.45) is 0 Å². The highest BCUT2D eigenvalue weighted by atomic mass is 28.3. The summed E-state index contributed by atoms with van der Waals surface area (Å²) < 4.78 is 5.45. The van der Waals surface area contributed by atoms with Gasteiger partial charge in [-0.05, 0) is 38.5 Å². The Morgan fingerprint density at radius 1 is 1.08 bits per heavy atom. The first-order valence-electron chi connectivity index (χ1n) is 9.34. The largest absolute Gasteiger partial charge is 0.444 e. The maximum atomic E-state index is 12.1. The molecule has 0 spiro atoms. The van der Waals surface area contributed by atoms with E-state index in [4.69, 9.17) is 4.74 Å². The maximum absolute atomic E-state index is 12.1. The fourth-order valence-corrected chi connectivity index (χ4v) is 3.15. The average Bonchev–Trinajstić information content (AvgIpc) is 2.52. The summed E-state index contributed by atoms with van der Waals surface area (Å²) in [6, 6.07) is 8.54. The van der Waals surface area contributed by atoms with Gasteiger partial charge in [0.05, 0.1) is 0 Å². The molecule has 1 fully saturated rings. The number of benzene rings is 1. The van der Waals surface area contributed by atoms with Crippen LogP contribution in [0.4, 0.5) is 4.79 Å². The molecule has 4 nitrogen and oxygen atoms in total. The zero-order chi connectivity index (χ0) is 19.4. The third-order valence-corrected chi connectivity index (χ3v) is 4.84. The van der Waals surface area contributed by atoms with Crippen LogP contribution in [-0.4, -0.2) is 55.7 Å². The molecule has 0 aliphatic carbocycles. The van der Waals surface area contributed by atoms with Crippen molar-refractivity contribution in [3.8, 4) is 11.5 Å². The molecule has 2 rings (SSSR count). The summed E-state index contributed by atoms with van der Waals surface area (Å²) in [6.07, 6.45) is -0.206. The minimum absolute atomic E-state index is 0.206. The van der Waals surface area contributed by atoms with E-state index in [1.807, 2.05) is 20.8 Å². The van der Waals surface area contributed by atoms with Crippen molar-refractivity contribution in [1.29, 1.82) is 0 Å². The molecule has 26 heavy (non-hydrogen) atoms. The summed E-state index contributed by atoms with van der Waals surface area (Å²) in [5.41, 5.74) is 5.34. The Morgan fingerprint density at radius 3 is 2.15 bits per heavy atom. The van der Waals surface area contributed by atoms with Crippen molar-refractivity contribution in [3.63, 3.8) is 0 Å². The molecule has 0 saturated carbocycles. The smallest absolute Gasteiger partial charge is 0.410 e. The lowest BCUT2D eigenvalue weighted by Crippen LogP contribution is -2.49. The molecule has 0 radical (unpaired) electrons. The van der Waals surface area contributed by atoms with E-state index in [1.165, 1.54) is 5.56 Å². The number of nitrogens with zero attached hydrogens (tertiary/aromatic N) is 2. The first kappa shape index (κ1) is 20.5. The van der Waals surface area contributed by atoms with Crippen LogP contribution in [0.25, 0.3) is 0 Å². The Balaban J connectivity index is 1.84. The minimum atomic E-state index is -1.33. The molecule has 1 aliphatic rings. The van der Waals surface area contributed by atoms with Crippen LogP contribution >= 0.6 is 0 Å². The molecule has 5 heteroatoms. The van der Waals surface area contributed by atoms with E-state index in [9.17, 15) is 4.79 Å². The molecule has 0 aromatic heterocycles. The lowest BCUT2D eigenvalue weighted by atomic mass is 10.1. The van der Waals surface area contributed by atoms with E-state index in [1.54, 1.807) is 4.90 Å². The third kappa shape index (κ3) is 7.23. The van der Waals surface area contributed by atoms with Gasteiger partial charge in [-0.2, -0.15) is 0 Å². The third-order valence-electron chi connectivity index (χ3n) is 3.97. The van der Waals surface area contributed by atoms with E-state index < -0.39 is 13.7 Å². The first-order chi connectivity index (χ1) is 12.0. The highest BCUT2D eigenvalue weighted by Gasteiger charge is 2.25. The van der Waals surface area contributed by atoms with Gasteiger partial charge in [-0.15, -0.1) is 5.54 Å². The summed E-state index contributed by atoms with van der Waals surface area (Å²) >= 11 is 0. The fourth-order valence-electron chi connectivity index (χ4n) is 2.63. The van der Waals surface area contributed by atoms with Crippen molar-refractivity contribution >= 4 is 14.2 Å². The van der Waals surface area contributed by atoms with Crippen molar-refractivity contribution in [2.75, 3.05) is 26.2 Å². The van der Waals surface area contributed by atoms with Gasteiger partial charge in [0.1, 0.15) is 13.7 Å². The van der Waals surface area contributed by atoms with E-state index in [-0.39, 0.29) is 6.09 Å². The molecule has 1 saturated heterocycles. The van der Waals surface area contributed by atoms with Crippen molar-refractivity contribution < 1.29 is 9.53 Å². The van der Waals surface area contributed by atoms with E-state index in [2.05, 4.69) is 60.3 Å². The van der Waals surface area contributed by atoms with Crippen LogP contribution in [0.1, 0.15) is 31.9 Å². The topological polar surface area (TPSA) is 32.8 Å². The van der Waals surface area contributed by atoms with Crippen LogP contribution in [0, 0.1) is 11.5 Å². The number of amides is 1. The zero-order valence-electron chi connectivity index (χ0n) is 17.1. The monoisotopic (exact) mass is 372 g/mol. The highest BCUT2D eigenvalue weighted by Crippen LogP contribution is 2.14. The number of hydrogen-bond acceptors (Lipinski definition) is 3. The molecular formula is C21H32N2O2Si. The average molecular weight is 373 g/mol. The second kappa shape index (κ2) is 8.28. The molecule has 1 aromatic carbocycles. The second-order valence-electron chi connectivity index (χ2n) is 8.94. The van der Waals surface area contributed by atoms with Crippen molar-refractivity contribution in [3.05, 3.63) is 35.4 Å². The minimum Gasteiger partial charge on any atom is -0.444 e. The number of rotatable bonds is 2. The van der Waals surface area contributed by atoms with Crippen LogP contribution in [0.15, 0.2) is 24.3 Å². The van der Waals surface area contributed by atoms with Crippen LogP contribution in [0.3, 0.4) is 0 Å². The second-order valence-corrected chi connectivity index (χ2v) is 13.7. The van der Waals surface area contributed by atoms with E-state index >= 15 is 0 Å². The molecule has 1 heterocycles. The zero-order valence-corrected chi connectivity index (χ0v) is 18.1. The van der Waals surface area contributed by atoms with E-state index in [0.29, 0.717) is 13.1 Å². The lowest BCUT2D eigenvalue weighted by molar-refractivity contribution is 0.0139. The van der Waals surface area contributed by atoms with Gasteiger partial charge in [-0.3, -0.25) is 4.90 Å². The summed E-state index contributed by atoms with van der Waals surface area (Å²) in [4.78, 5) is 16.3. The van der Waals surface area contributed by atoms with Crippen LogP contribution < -0.4 is 0 Å². The molecule has 0 bridgehead atoms. The normalized spacial score (nSPS) is 16.0. The Morgan fingerprint density at radius 2 is 1.65 bits per heavy atom. The summed E-state index contributed by atoms with van der Waals surface area (Å²) in [7, 11) is -1.33. The number of hydrogen-bond donors (Lipinski definition) is 0. The molecular weight excluding hydrogens is 340 g/mol. The number of carbonyl (C=O) groups excluding carboxylic acids is 1. The van der Waals surface area contributed by atoms with Gasteiger partial charge in [-0.1, -0.05) is 37.7 Å². The molecule has 1 amide bonds. The van der Waals surface area contributed by atoms with Gasteiger partial charge in [-0.25, -0.2) is 4.79 Å². The maximum Gasteiger partial charge on any atom is 0.410 e. The first-order valence-corrected chi connectivity index (χ1v) is 12.8. The molecule has 0 atom stereocenters. The van der Waals surface area contributed by atoms with E-state index in [0.717, 1.165) is 25.2 Å². The Hall–Kier alpha value is -1.77. The lowest BCUT2D eigenvalue weighted by Gasteiger charge is -2.35. The standard InChI is InChI=1S/C21H32N2O2Si/c1-21(2,3)25-20(24)23-14-12-22(13-15-23)17-19-9-7-18(8-10-19)11-16-26(4,5)6/h7-10H,12-15,17H2,1-6H3. The van der Waals surface area contributed by atoms with Gasteiger partial charge in [0.2, 0.25) is 0 Å². The van der Waals surface area contributed by atoms with Crippen molar-refractivity contribution in [2.45, 2.75) is 52.6 Å². The Kier molecular flexibility index (Phi) is 6.54. The molecule has 142 valence electrons.